The SMILES string of the molecule is Cc1cc(F)ccc1C(O)(Cn1ncn(C(=O)OC(C)C)c1=S)C(c1ccccc1F)C1CC1. The van der Waals surface area contributed by atoms with E-state index in [4.69, 9.17) is 17.0 Å². The highest BCUT2D eigenvalue weighted by Gasteiger charge is 2.49. The molecule has 1 N–H and O–H groups in total. The molecule has 2 atom stereocenters. The third-order valence-electron chi connectivity index (χ3n) is 6.16. The summed E-state index contributed by atoms with van der Waals surface area (Å²) in [6.45, 7) is 4.98. The van der Waals surface area contributed by atoms with Crippen molar-refractivity contribution in [3.05, 3.63) is 81.9 Å². The van der Waals surface area contributed by atoms with Crippen LogP contribution in [0.2, 0.25) is 0 Å². The largest absolute Gasteiger partial charge is 0.446 e. The molecular weight excluding hydrogens is 460 g/mol. The molecular formula is C25H27F2N3O3S. The molecule has 0 aliphatic heterocycles. The summed E-state index contributed by atoms with van der Waals surface area (Å²) in [6.07, 6.45) is 1.85. The second-order valence-corrected chi connectivity index (χ2v) is 9.46. The van der Waals surface area contributed by atoms with Gasteiger partial charge in [0.05, 0.1) is 12.6 Å². The molecule has 0 spiro atoms. The van der Waals surface area contributed by atoms with Crippen molar-refractivity contribution in [2.45, 2.75) is 57.8 Å². The number of hydrogen-bond donors (Lipinski definition) is 1. The van der Waals surface area contributed by atoms with E-state index in [9.17, 15) is 14.3 Å². The number of rotatable bonds is 7. The molecule has 0 radical (unpaired) electrons. The van der Waals surface area contributed by atoms with E-state index in [1.54, 1.807) is 39.0 Å². The third-order valence-corrected chi connectivity index (χ3v) is 6.57. The Bertz CT molecular complexity index is 1270. The fourth-order valence-corrected chi connectivity index (χ4v) is 4.81. The second-order valence-electron chi connectivity index (χ2n) is 9.09. The summed E-state index contributed by atoms with van der Waals surface area (Å²) in [5.41, 5.74) is -0.327. The van der Waals surface area contributed by atoms with Gasteiger partial charge in [-0.15, -0.1) is 0 Å². The van der Waals surface area contributed by atoms with Gasteiger partial charge in [0.2, 0.25) is 4.77 Å². The molecule has 1 saturated carbocycles. The molecule has 3 aromatic rings. The number of aromatic nitrogens is 3. The molecule has 9 heteroatoms. The molecule has 1 aliphatic carbocycles. The van der Waals surface area contributed by atoms with Gasteiger partial charge < -0.3 is 9.84 Å². The maximum Gasteiger partial charge on any atom is 0.421 e. The zero-order chi connectivity index (χ0) is 24.6. The van der Waals surface area contributed by atoms with Crippen LogP contribution >= 0.6 is 12.2 Å². The Morgan fingerprint density at radius 1 is 1.26 bits per heavy atom. The summed E-state index contributed by atoms with van der Waals surface area (Å²) in [4.78, 5) is 12.4. The molecule has 1 fully saturated rings. The van der Waals surface area contributed by atoms with Crippen molar-refractivity contribution < 1.29 is 23.4 Å². The highest BCUT2D eigenvalue weighted by Crippen LogP contribution is 2.53. The summed E-state index contributed by atoms with van der Waals surface area (Å²) in [7, 11) is 0. The van der Waals surface area contributed by atoms with Crippen molar-refractivity contribution in [1.82, 2.24) is 14.3 Å². The summed E-state index contributed by atoms with van der Waals surface area (Å²) in [5.74, 6) is -1.47. The first kappa shape index (κ1) is 24.2. The number of aliphatic hydroxyl groups is 1. The molecule has 180 valence electrons. The van der Waals surface area contributed by atoms with E-state index < -0.39 is 29.2 Å². The molecule has 2 unspecified atom stereocenters. The van der Waals surface area contributed by atoms with Crippen molar-refractivity contribution in [3.63, 3.8) is 0 Å². The van der Waals surface area contributed by atoms with Gasteiger partial charge in [-0.25, -0.2) is 22.8 Å². The minimum absolute atomic E-state index is 0.0218. The van der Waals surface area contributed by atoms with Crippen molar-refractivity contribution in [2.75, 3.05) is 0 Å². The van der Waals surface area contributed by atoms with E-state index in [0.717, 1.165) is 17.4 Å². The fourth-order valence-electron chi connectivity index (χ4n) is 4.58. The lowest BCUT2D eigenvalue weighted by Gasteiger charge is -2.38. The van der Waals surface area contributed by atoms with E-state index in [1.165, 1.54) is 35.3 Å². The summed E-state index contributed by atoms with van der Waals surface area (Å²) < 4.78 is 36.6. The van der Waals surface area contributed by atoms with Gasteiger partial charge in [0, 0.05) is 5.92 Å². The molecule has 0 bridgehead atoms. The Morgan fingerprint density at radius 3 is 2.59 bits per heavy atom. The zero-order valence-electron chi connectivity index (χ0n) is 19.2. The lowest BCUT2D eigenvalue weighted by Crippen LogP contribution is -2.41. The highest BCUT2D eigenvalue weighted by molar-refractivity contribution is 7.71. The molecule has 4 rings (SSSR count). The maximum atomic E-state index is 15.0. The van der Waals surface area contributed by atoms with Crippen molar-refractivity contribution >= 4 is 18.3 Å². The Kier molecular flexibility index (Phi) is 6.69. The van der Waals surface area contributed by atoms with Gasteiger partial charge in [-0.3, -0.25) is 0 Å². The van der Waals surface area contributed by atoms with Crippen molar-refractivity contribution in [2.24, 2.45) is 5.92 Å². The van der Waals surface area contributed by atoms with E-state index >= 15 is 4.39 Å². The predicted octanol–water partition coefficient (Wildman–Crippen LogP) is 5.48. The van der Waals surface area contributed by atoms with Crippen LogP contribution in [0.1, 0.15) is 49.3 Å². The highest BCUT2D eigenvalue weighted by atomic mass is 32.1. The summed E-state index contributed by atoms with van der Waals surface area (Å²) in [5, 5.41) is 16.6. The van der Waals surface area contributed by atoms with Crippen LogP contribution in [0.15, 0.2) is 48.8 Å². The van der Waals surface area contributed by atoms with Crippen LogP contribution < -0.4 is 0 Å². The van der Waals surface area contributed by atoms with Gasteiger partial charge in [-0.05, 0) is 86.6 Å². The number of halogens is 2. The van der Waals surface area contributed by atoms with E-state index in [0.29, 0.717) is 16.7 Å². The van der Waals surface area contributed by atoms with Crippen LogP contribution in [0.3, 0.4) is 0 Å². The predicted molar refractivity (Wildman–Crippen MR) is 125 cm³/mol. The van der Waals surface area contributed by atoms with Crippen LogP contribution in [0, 0.1) is 29.2 Å². The molecule has 6 nitrogen and oxygen atoms in total. The van der Waals surface area contributed by atoms with Gasteiger partial charge in [0.1, 0.15) is 23.6 Å². The van der Waals surface area contributed by atoms with Gasteiger partial charge in [0.25, 0.3) is 0 Å². The van der Waals surface area contributed by atoms with Crippen molar-refractivity contribution in [3.8, 4) is 0 Å². The Hall–Kier alpha value is -2.91. The number of hydrogen-bond acceptors (Lipinski definition) is 5. The summed E-state index contributed by atoms with van der Waals surface area (Å²) >= 11 is 5.45. The molecule has 0 saturated heterocycles. The third kappa shape index (κ3) is 4.67. The van der Waals surface area contributed by atoms with E-state index in [-0.39, 0.29) is 23.3 Å². The first-order chi connectivity index (χ1) is 16.1. The maximum absolute atomic E-state index is 15.0. The van der Waals surface area contributed by atoms with Gasteiger partial charge in [0.15, 0.2) is 0 Å². The minimum Gasteiger partial charge on any atom is -0.446 e. The van der Waals surface area contributed by atoms with Gasteiger partial charge in [-0.1, -0.05) is 24.3 Å². The Morgan fingerprint density at radius 2 is 1.97 bits per heavy atom. The Balaban J connectivity index is 1.85. The van der Waals surface area contributed by atoms with Gasteiger partial charge in [-0.2, -0.15) is 5.10 Å². The molecule has 0 amide bonds. The number of carbonyl (C=O) groups is 1. The molecule has 2 aromatic carbocycles. The van der Waals surface area contributed by atoms with Crippen LogP contribution in [0.5, 0.6) is 0 Å². The van der Waals surface area contributed by atoms with Crippen LogP contribution in [0.4, 0.5) is 13.6 Å². The average molecular weight is 488 g/mol. The quantitative estimate of drug-likeness (QED) is 0.447. The van der Waals surface area contributed by atoms with Gasteiger partial charge >= 0.3 is 6.09 Å². The minimum atomic E-state index is -1.68. The molecule has 1 aromatic heterocycles. The van der Waals surface area contributed by atoms with Crippen LogP contribution in [0.25, 0.3) is 0 Å². The second kappa shape index (κ2) is 9.38. The number of nitrogens with zero attached hydrogens (tertiary/aromatic N) is 3. The normalized spacial score (nSPS) is 16.3. The first-order valence-corrected chi connectivity index (χ1v) is 11.6. The van der Waals surface area contributed by atoms with Crippen molar-refractivity contribution in [1.29, 1.82) is 0 Å². The number of benzene rings is 2. The lowest BCUT2D eigenvalue weighted by molar-refractivity contribution is -0.0222. The zero-order valence-corrected chi connectivity index (χ0v) is 20.1. The Labute approximate surface area is 201 Å². The number of ether oxygens (including phenoxy) is 1. The smallest absolute Gasteiger partial charge is 0.421 e. The molecule has 34 heavy (non-hydrogen) atoms. The number of aryl methyl sites for hydroxylation is 1. The first-order valence-electron chi connectivity index (χ1n) is 11.2. The van der Waals surface area contributed by atoms with Crippen LogP contribution in [-0.2, 0) is 16.9 Å². The average Bonchev–Trinajstić information content (AvgIpc) is 3.52. The molecule has 1 heterocycles. The number of carbonyl (C=O) groups excluding carboxylic acids is 1. The standard InChI is InChI=1S/C25H27F2N3O3S/c1-15(2)33-24(31)29-14-28-30(23(29)34)13-25(32,20-11-10-18(26)12-16(20)3)22(17-8-9-17)19-6-4-5-7-21(19)27/h4-7,10-12,14-15,17,22,32H,8-9,13H2,1-3H3. The topological polar surface area (TPSA) is 69.3 Å². The van der Waals surface area contributed by atoms with Crippen LogP contribution in [-0.4, -0.2) is 31.7 Å². The monoisotopic (exact) mass is 487 g/mol. The lowest BCUT2D eigenvalue weighted by atomic mass is 9.73. The van der Waals surface area contributed by atoms with E-state index in [1.807, 2.05) is 0 Å². The fraction of sp³-hybridized carbons (Fsp3) is 0.400. The summed E-state index contributed by atoms with van der Waals surface area (Å²) in [6, 6.07) is 10.5. The molecule has 1 aliphatic rings. The van der Waals surface area contributed by atoms with E-state index in [2.05, 4.69) is 5.10 Å².